The van der Waals surface area contributed by atoms with E-state index in [2.05, 4.69) is 38.2 Å². The Morgan fingerprint density at radius 2 is 1.18 bits per heavy atom. The first-order chi connectivity index (χ1) is 23.6. The van der Waals surface area contributed by atoms with Gasteiger partial charge in [-0.25, -0.2) is 0 Å². The number of quaternary nitrogens is 1. The first-order valence-electron chi connectivity index (χ1n) is 19.5. The molecule has 0 N–H and O–H groups in total. The highest BCUT2D eigenvalue weighted by atomic mass is 16.6. The molecule has 284 valence electrons. The monoisotopic (exact) mass is 692 g/mol. The van der Waals surface area contributed by atoms with Gasteiger partial charge in [-0.05, 0) is 51.4 Å². The van der Waals surface area contributed by atoms with Crippen molar-refractivity contribution in [3.05, 3.63) is 36.5 Å². The van der Waals surface area contributed by atoms with Crippen molar-refractivity contribution in [1.82, 2.24) is 0 Å². The van der Waals surface area contributed by atoms with Gasteiger partial charge in [-0.3, -0.25) is 9.59 Å². The summed E-state index contributed by atoms with van der Waals surface area (Å²) in [5.41, 5.74) is 0. The van der Waals surface area contributed by atoms with Gasteiger partial charge in [0.1, 0.15) is 12.6 Å². The van der Waals surface area contributed by atoms with Gasteiger partial charge in [-0.2, -0.15) is 0 Å². The summed E-state index contributed by atoms with van der Waals surface area (Å²) in [5.74, 6) is -1.84. The maximum absolute atomic E-state index is 12.6. The molecule has 0 heterocycles. The SMILES string of the molecule is CC/C=C/C/C=C/CCC(=O)OCC(COCCC(C(=O)[O-])[N+](C)(C)C)OC(=O)CCCCCCC/C=C/CCCCCCCCCCC. The van der Waals surface area contributed by atoms with Crippen molar-refractivity contribution in [2.45, 2.75) is 167 Å². The number of esters is 2. The smallest absolute Gasteiger partial charge is 0.306 e. The van der Waals surface area contributed by atoms with Crippen molar-refractivity contribution < 1.29 is 38.2 Å². The number of ether oxygens (including phenoxy) is 3. The van der Waals surface area contributed by atoms with E-state index in [4.69, 9.17) is 14.2 Å². The van der Waals surface area contributed by atoms with E-state index in [0.717, 1.165) is 44.9 Å². The standard InChI is InChI=1S/C41H73NO7/c1-6-8-10-12-14-15-16-17-18-19-20-21-22-23-24-26-28-30-32-40(44)49-37(35-47-34-33-38(41(45)46)42(3,4)5)36-48-39(43)31-29-27-25-13-11-9-7-2/h9,11,20-21,25,27,37-38H,6-8,10,12-19,22-24,26,28-36H2,1-5H3/b11-9+,21-20+,27-25+. The normalized spacial score (nSPS) is 13.4. The molecule has 0 spiro atoms. The molecule has 8 nitrogen and oxygen atoms in total. The third kappa shape index (κ3) is 31.3. The maximum Gasteiger partial charge on any atom is 0.306 e. The zero-order chi connectivity index (χ0) is 36.4. The summed E-state index contributed by atoms with van der Waals surface area (Å²) in [6, 6.07) is -0.732. The molecular weight excluding hydrogens is 618 g/mol. The number of allylic oxidation sites excluding steroid dienone is 6. The van der Waals surface area contributed by atoms with E-state index in [1.165, 1.54) is 70.6 Å². The highest BCUT2D eigenvalue weighted by molar-refractivity contribution is 5.70. The molecule has 2 atom stereocenters. The van der Waals surface area contributed by atoms with Crippen LogP contribution >= 0.6 is 0 Å². The van der Waals surface area contributed by atoms with Crippen molar-refractivity contribution in [2.75, 3.05) is 41.0 Å². The molecule has 0 aromatic carbocycles. The van der Waals surface area contributed by atoms with Crippen molar-refractivity contribution in [2.24, 2.45) is 0 Å². The van der Waals surface area contributed by atoms with Gasteiger partial charge in [0.2, 0.25) is 0 Å². The summed E-state index contributed by atoms with van der Waals surface area (Å²) < 4.78 is 16.9. The molecule has 2 unspecified atom stereocenters. The van der Waals surface area contributed by atoms with Crippen molar-refractivity contribution >= 4 is 17.9 Å². The van der Waals surface area contributed by atoms with E-state index in [1.807, 2.05) is 12.2 Å². The zero-order valence-corrected chi connectivity index (χ0v) is 32.1. The molecule has 0 aliphatic heterocycles. The quantitative estimate of drug-likeness (QED) is 0.0288. The predicted molar refractivity (Wildman–Crippen MR) is 199 cm³/mol. The lowest BCUT2D eigenvalue weighted by Gasteiger charge is -2.34. The number of hydrogen-bond donors (Lipinski definition) is 0. The van der Waals surface area contributed by atoms with E-state index in [1.54, 1.807) is 21.1 Å². The summed E-state index contributed by atoms with van der Waals surface area (Å²) in [7, 11) is 5.37. The third-order valence-electron chi connectivity index (χ3n) is 8.52. The minimum Gasteiger partial charge on any atom is -0.544 e. The Labute approximate surface area is 300 Å². The molecule has 0 radical (unpaired) electrons. The lowest BCUT2D eigenvalue weighted by atomic mass is 10.1. The molecule has 0 aliphatic rings. The second kappa shape index (κ2) is 32.7. The van der Waals surface area contributed by atoms with Crippen LogP contribution in [0.1, 0.15) is 155 Å². The lowest BCUT2D eigenvalue weighted by molar-refractivity contribution is -0.889. The Morgan fingerprint density at radius 3 is 1.76 bits per heavy atom. The molecule has 0 saturated heterocycles. The third-order valence-corrected chi connectivity index (χ3v) is 8.52. The van der Waals surface area contributed by atoms with E-state index in [9.17, 15) is 19.5 Å². The van der Waals surface area contributed by atoms with Gasteiger partial charge < -0.3 is 28.6 Å². The Bertz CT molecular complexity index is 906. The molecule has 0 aromatic heterocycles. The van der Waals surface area contributed by atoms with Crippen LogP contribution in [0, 0.1) is 0 Å². The molecule has 0 amide bonds. The van der Waals surface area contributed by atoms with Crippen LogP contribution in [0.15, 0.2) is 36.5 Å². The van der Waals surface area contributed by atoms with E-state index in [-0.39, 0.29) is 49.1 Å². The molecule has 0 fully saturated rings. The van der Waals surface area contributed by atoms with Crippen molar-refractivity contribution in [1.29, 1.82) is 0 Å². The van der Waals surface area contributed by atoms with Crippen LogP contribution in [0.25, 0.3) is 0 Å². The van der Waals surface area contributed by atoms with Gasteiger partial charge in [0, 0.05) is 19.3 Å². The van der Waals surface area contributed by atoms with Crippen LogP contribution in [-0.2, 0) is 28.6 Å². The van der Waals surface area contributed by atoms with Crippen LogP contribution in [0.4, 0.5) is 0 Å². The number of rotatable bonds is 34. The van der Waals surface area contributed by atoms with Crippen LogP contribution in [0.5, 0.6) is 0 Å². The Balaban J connectivity index is 4.34. The molecular formula is C41H73NO7. The molecule has 49 heavy (non-hydrogen) atoms. The number of aliphatic carboxylic acids is 1. The van der Waals surface area contributed by atoms with Crippen LogP contribution in [0.3, 0.4) is 0 Å². The van der Waals surface area contributed by atoms with Crippen LogP contribution in [-0.4, -0.2) is 75.5 Å². The predicted octanol–water partition coefficient (Wildman–Crippen LogP) is 8.57. The van der Waals surface area contributed by atoms with Gasteiger partial charge >= 0.3 is 11.9 Å². The minimum absolute atomic E-state index is 0.0201. The summed E-state index contributed by atoms with van der Waals surface area (Å²) in [6.07, 6.45) is 35.0. The summed E-state index contributed by atoms with van der Waals surface area (Å²) in [4.78, 5) is 36.5. The Morgan fingerprint density at radius 1 is 0.633 bits per heavy atom. The lowest BCUT2D eigenvalue weighted by Crippen LogP contribution is -2.55. The molecule has 0 aromatic rings. The molecule has 0 saturated carbocycles. The molecule has 0 bridgehead atoms. The van der Waals surface area contributed by atoms with Gasteiger partial charge in [0.25, 0.3) is 0 Å². The van der Waals surface area contributed by atoms with Crippen molar-refractivity contribution in [3.63, 3.8) is 0 Å². The maximum atomic E-state index is 12.6. The van der Waals surface area contributed by atoms with Crippen molar-refractivity contribution in [3.8, 4) is 0 Å². The van der Waals surface area contributed by atoms with Gasteiger partial charge in [0.15, 0.2) is 6.10 Å². The summed E-state index contributed by atoms with van der Waals surface area (Å²) in [6.45, 7) is 4.43. The van der Waals surface area contributed by atoms with Gasteiger partial charge in [-0.15, -0.1) is 0 Å². The first kappa shape index (κ1) is 46.5. The highest BCUT2D eigenvalue weighted by Gasteiger charge is 2.25. The van der Waals surface area contributed by atoms with Crippen LogP contribution < -0.4 is 5.11 Å². The second-order valence-corrected chi connectivity index (χ2v) is 14.1. The number of carboxylic acids is 1. The van der Waals surface area contributed by atoms with E-state index >= 15 is 0 Å². The number of carboxylic acid groups (broad SMARTS) is 1. The molecule has 0 rings (SSSR count). The van der Waals surface area contributed by atoms with E-state index < -0.39 is 18.1 Å². The average Bonchev–Trinajstić information content (AvgIpc) is 3.05. The fraction of sp³-hybridized carbons (Fsp3) is 0.780. The summed E-state index contributed by atoms with van der Waals surface area (Å²) >= 11 is 0. The topological polar surface area (TPSA) is 102 Å². The van der Waals surface area contributed by atoms with Crippen LogP contribution in [0.2, 0.25) is 0 Å². The Hall–Kier alpha value is -2.45. The minimum atomic E-state index is -1.13. The highest BCUT2D eigenvalue weighted by Crippen LogP contribution is 2.13. The average molecular weight is 692 g/mol. The van der Waals surface area contributed by atoms with E-state index in [0.29, 0.717) is 12.8 Å². The Kier molecular flexibility index (Phi) is 31.1. The number of likely N-dealkylation sites (N-methyl/N-ethyl adjacent to an activating group) is 1. The van der Waals surface area contributed by atoms with Gasteiger partial charge in [0.05, 0.1) is 40.3 Å². The molecule has 0 aliphatic carbocycles. The first-order valence-corrected chi connectivity index (χ1v) is 19.5. The number of nitrogens with zero attached hydrogens (tertiary/aromatic N) is 1. The second-order valence-electron chi connectivity index (χ2n) is 14.1. The number of hydrogen-bond acceptors (Lipinski definition) is 7. The summed E-state index contributed by atoms with van der Waals surface area (Å²) in [5, 5.41) is 11.6. The largest absolute Gasteiger partial charge is 0.544 e. The number of carbonyl (C=O) groups is 3. The fourth-order valence-corrected chi connectivity index (χ4v) is 5.48. The van der Waals surface area contributed by atoms with Gasteiger partial charge in [-0.1, -0.05) is 121 Å². The fourth-order valence-electron chi connectivity index (χ4n) is 5.48. The number of carbonyl (C=O) groups excluding carboxylic acids is 3. The zero-order valence-electron chi connectivity index (χ0n) is 32.1. The molecule has 8 heteroatoms. The number of unbranched alkanes of at least 4 members (excludes halogenated alkanes) is 14.